The molecule has 0 spiro atoms. The Labute approximate surface area is 139 Å². The van der Waals surface area contributed by atoms with Crippen molar-refractivity contribution >= 4 is 17.2 Å². The number of benzene rings is 1. The molecule has 0 radical (unpaired) electrons. The van der Waals surface area contributed by atoms with Crippen molar-refractivity contribution in [3.63, 3.8) is 0 Å². The summed E-state index contributed by atoms with van der Waals surface area (Å²) in [5, 5.41) is 5.88. The van der Waals surface area contributed by atoms with E-state index in [9.17, 15) is 9.18 Å². The number of hydrogen-bond acceptors (Lipinski definition) is 4. The fourth-order valence-electron chi connectivity index (χ4n) is 2.85. The van der Waals surface area contributed by atoms with Gasteiger partial charge in [-0.05, 0) is 32.0 Å². The lowest BCUT2D eigenvalue weighted by molar-refractivity contribution is -0.131. The van der Waals surface area contributed by atoms with E-state index in [-0.39, 0.29) is 11.7 Å². The quantitative estimate of drug-likeness (QED) is 0.936. The number of likely N-dealkylation sites (N-methyl/N-ethyl adjacent to an activating group) is 1. The van der Waals surface area contributed by atoms with Crippen molar-refractivity contribution in [1.29, 1.82) is 0 Å². The highest BCUT2D eigenvalue weighted by Crippen LogP contribution is 2.24. The molecule has 0 saturated carbocycles. The summed E-state index contributed by atoms with van der Waals surface area (Å²) in [4.78, 5) is 18.8. The van der Waals surface area contributed by atoms with Gasteiger partial charge in [-0.25, -0.2) is 9.37 Å². The second kappa shape index (κ2) is 7.19. The molecule has 23 heavy (non-hydrogen) atoms. The predicted octanol–water partition coefficient (Wildman–Crippen LogP) is 2.70. The zero-order chi connectivity index (χ0) is 16.2. The van der Waals surface area contributed by atoms with Crippen molar-refractivity contribution < 1.29 is 9.18 Å². The van der Waals surface area contributed by atoms with Crippen molar-refractivity contribution in [3.8, 4) is 10.6 Å². The van der Waals surface area contributed by atoms with Gasteiger partial charge in [-0.3, -0.25) is 4.79 Å². The van der Waals surface area contributed by atoms with E-state index in [1.54, 1.807) is 6.07 Å². The van der Waals surface area contributed by atoms with Crippen molar-refractivity contribution in [2.24, 2.45) is 0 Å². The third-order valence-corrected chi connectivity index (χ3v) is 5.08. The normalized spacial score (nSPS) is 18.2. The highest BCUT2D eigenvalue weighted by atomic mass is 32.1. The summed E-state index contributed by atoms with van der Waals surface area (Å²) in [6.45, 7) is 1.58. The molecule has 1 saturated heterocycles. The minimum atomic E-state index is -0.276. The van der Waals surface area contributed by atoms with E-state index in [1.807, 2.05) is 23.4 Å². The summed E-state index contributed by atoms with van der Waals surface area (Å²) in [5.74, 6) is -0.164. The smallest absolute Gasteiger partial charge is 0.228 e. The van der Waals surface area contributed by atoms with E-state index in [4.69, 9.17) is 0 Å². The zero-order valence-electron chi connectivity index (χ0n) is 13.1. The molecule has 0 bridgehead atoms. The molecule has 4 nitrogen and oxygen atoms in total. The molecule has 2 heterocycles. The lowest BCUT2D eigenvalue weighted by Crippen LogP contribution is -2.47. The minimum Gasteiger partial charge on any atom is -0.341 e. The second-order valence-electron chi connectivity index (χ2n) is 5.80. The van der Waals surface area contributed by atoms with Crippen LogP contribution in [0.1, 0.15) is 18.5 Å². The number of thiazole rings is 1. The molecule has 0 aliphatic carbocycles. The molecule has 1 N–H and O–H groups in total. The molecule has 1 atom stereocenters. The van der Waals surface area contributed by atoms with Crippen LogP contribution in [-0.2, 0) is 11.2 Å². The van der Waals surface area contributed by atoms with Crippen LogP contribution in [0.4, 0.5) is 4.39 Å². The average molecular weight is 333 g/mol. The van der Waals surface area contributed by atoms with Crippen LogP contribution in [0.3, 0.4) is 0 Å². The minimum absolute atomic E-state index is 0.112. The van der Waals surface area contributed by atoms with Crippen LogP contribution < -0.4 is 5.32 Å². The number of carbonyl (C=O) groups excluding carboxylic acids is 1. The van der Waals surface area contributed by atoms with Gasteiger partial charge in [0.1, 0.15) is 10.8 Å². The molecule has 1 amide bonds. The van der Waals surface area contributed by atoms with Gasteiger partial charge in [-0.1, -0.05) is 12.1 Å². The van der Waals surface area contributed by atoms with Crippen LogP contribution in [0.15, 0.2) is 29.6 Å². The van der Waals surface area contributed by atoms with Crippen LogP contribution in [0, 0.1) is 5.82 Å². The molecule has 1 aromatic carbocycles. The number of nitrogens with zero attached hydrogens (tertiary/aromatic N) is 2. The number of likely N-dealkylation sites (tertiary alicyclic amines) is 1. The van der Waals surface area contributed by atoms with Gasteiger partial charge < -0.3 is 10.2 Å². The summed E-state index contributed by atoms with van der Waals surface area (Å²) >= 11 is 1.44. The van der Waals surface area contributed by atoms with Gasteiger partial charge in [0.15, 0.2) is 0 Å². The number of nitrogens with one attached hydrogen (secondary N) is 1. The third-order valence-electron chi connectivity index (χ3n) is 4.14. The van der Waals surface area contributed by atoms with Crippen LogP contribution in [0.2, 0.25) is 0 Å². The Morgan fingerprint density at radius 2 is 2.39 bits per heavy atom. The summed E-state index contributed by atoms with van der Waals surface area (Å²) < 4.78 is 13.3. The molecule has 2 aromatic rings. The van der Waals surface area contributed by atoms with Crippen molar-refractivity contribution in [2.45, 2.75) is 25.3 Å². The Morgan fingerprint density at radius 1 is 1.52 bits per heavy atom. The first-order chi connectivity index (χ1) is 11.2. The van der Waals surface area contributed by atoms with Crippen molar-refractivity contribution in [1.82, 2.24) is 15.2 Å². The van der Waals surface area contributed by atoms with E-state index in [2.05, 4.69) is 10.3 Å². The van der Waals surface area contributed by atoms with Crippen LogP contribution in [-0.4, -0.2) is 42.0 Å². The summed E-state index contributed by atoms with van der Waals surface area (Å²) in [7, 11) is 1.93. The fourth-order valence-corrected chi connectivity index (χ4v) is 3.67. The van der Waals surface area contributed by atoms with Crippen molar-refractivity contribution in [3.05, 3.63) is 41.2 Å². The fraction of sp³-hybridized carbons (Fsp3) is 0.412. The number of aromatic nitrogens is 1. The molecule has 1 aliphatic rings. The molecule has 1 aromatic heterocycles. The topological polar surface area (TPSA) is 45.2 Å². The number of rotatable bonds is 4. The molecule has 3 rings (SSSR count). The Morgan fingerprint density at radius 3 is 3.17 bits per heavy atom. The maximum absolute atomic E-state index is 13.3. The number of halogens is 1. The van der Waals surface area contributed by atoms with Gasteiger partial charge in [0.25, 0.3) is 0 Å². The molecule has 1 aliphatic heterocycles. The lowest BCUT2D eigenvalue weighted by atomic mass is 10.1. The van der Waals surface area contributed by atoms with E-state index in [0.717, 1.165) is 42.2 Å². The van der Waals surface area contributed by atoms with Gasteiger partial charge in [0.05, 0.1) is 12.1 Å². The monoisotopic (exact) mass is 333 g/mol. The first-order valence-electron chi connectivity index (χ1n) is 7.81. The molecule has 122 valence electrons. The van der Waals surface area contributed by atoms with E-state index in [0.29, 0.717) is 12.5 Å². The van der Waals surface area contributed by atoms with Crippen LogP contribution in [0.25, 0.3) is 10.6 Å². The average Bonchev–Trinajstić information content (AvgIpc) is 3.03. The highest BCUT2D eigenvalue weighted by molar-refractivity contribution is 7.13. The Hall–Kier alpha value is -1.79. The van der Waals surface area contributed by atoms with Crippen LogP contribution >= 0.6 is 11.3 Å². The molecule has 6 heteroatoms. The first kappa shape index (κ1) is 16.1. The van der Waals surface area contributed by atoms with E-state index >= 15 is 0 Å². The Balaban J connectivity index is 1.66. The molecule has 1 unspecified atom stereocenters. The molecular weight excluding hydrogens is 313 g/mol. The summed E-state index contributed by atoms with van der Waals surface area (Å²) in [5.41, 5.74) is 1.51. The summed E-state index contributed by atoms with van der Waals surface area (Å²) in [6.07, 6.45) is 2.45. The second-order valence-corrected chi connectivity index (χ2v) is 6.66. The van der Waals surface area contributed by atoms with Crippen molar-refractivity contribution in [2.75, 3.05) is 20.1 Å². The largest absolute Gasteiger partial charge is 0.341 e. The number of amides is 1. The Bertz CT molecular complexity index is 688. The highest BCUT2D eigenvalue weighted by Gasteiger charge is 2.23. The Kier molecular flexibility index (Phi) is 5.03. The van der Waals surface area contributed by atoms with Gasteiger partial charge >= 0.3 is 0 Å². The molecular formula is C17H20FN3OS. The first-order valence-corrected chi connectivity index (χ1v) is 8.69. The predicted molar refractivity (Wildman–Crippen MR) is 89.9 cm³/mol. The third kappa shape index (κ3) is 3.95. The molecule has 1 fully saturated rings. The van der Waals surface area contributed by atoms with Gasteiger partial charge in [0.2, 0.25) is 5.91 Å². The standard InChI is InChI=1S/C17H20FN3OS/c1-19-14-6-3-7-21(10-14)16(22)9-15-11-23-17(20-15)12-4-2-5-13(18)8-12/h2,4-5,8,11,14,19H,3,6-7,9-10H2,1H3. The summed E-state index contributed by atoms with van der Waals surface area (Å²) in [6, 6.07) is 6.76. The van der Waals surface area contributed by atoms with Crippen LogP contribution in [0.5, 0.6) is 0 Å². The maximum atomic E-state index is 13.3. The number of piperidine rings is 1. The number of hydrogen-bond donors (Lipinski definition) is 1. The van der Waals surface area contributed by atoms with Gasteiger partial charge in [-0.2, -0.15) is 0 Å². The number of carbonyl (C=O) groups is 1. The maximum Gasteiger partial charge on any atom is 0.228 e. The van der Waals surface area contributed by atoms with E-state index < -0.39 is 0 Å². The van der Waals surface area contributed by atoms with Gasteiger partial charge in [0, 0.05) is 30.1 Å². The lowest BCUT2D eigenvalue weighted by Gasteiger charge is -2.32. The van der Waals surface area contributed by atoms with Gasteiger partial charge in [-0.15, -0.1) is 11.3 Å². The van der Waals surface area contributed by atoms with E-state index in [1.165, 1.54) is 23.5 Å². The SMILES string of the molecule is CNC1CCCN(C(=O)Cc2csc(-c3cccc(F)c3)n2)C1. The zero-order valence-corrected chi connectivity index (χ0v) is 13.9.